The zero-order chi connectivity index (χ0) is 15.1. The van der Waals surface area contributed by atoms with Crippen LogP contribution in [0.1, 0.15) is 36.2 Å². The molecule has 1 heterocycles. The lowest BCUT2D eigenvalue weighted by molar-refractivity contribution is -0.129. The van der Waals surface area contributed by atoms with Gasteiger partial charge in [0.25, 0.3) is 5.91 Å². The van der Waals surface area contributed by atoms with Gasteiger partial charge in [-0.3, -0.25) is 9.59 Å². The van der Waals surface area contributed by atoms with E-state index in [1.165, 1.54) is 0 Å². The Morgan fingerprint density at radius 3 is 2.55 bits per heavy atom. The third-order valence-corrected chi connectivity index (χ3v) is 3.23. The summed E-state index contributed by atoms with van der Waals surface area (Å²) in [7, 11) is 1.78. The van der Waals surface area contributed by atoms with Crippen LogP contribution >= 0.6 is 0 Å². The number of hydrogen-bond donors (Lipinski definition) is 0. The van der Waals surface area contributed by atoms with Gasteiger partial charge < -0.3 is 9.80 Å². The number of carbonyl (C=O) groups excluding carboxylic acids is 2. The zero-order valence-electron chi connectivity index (χ0n) is 12.8. The average Bonchev–Trinajstić information content (AvgIpc) is 2.62. The van der Waals surface area contributed by atoms with Gasteiger partial charge in [-0.05, 0) is 25.5 Å². The largest absolute Gasteiger partial charge is 0.344 e. The first-order valence-corrected chi connectivity index (χ1v) is 7.18. The van der Waals surface area contributed by atoms with Crippen LogP contribution in [0.4, 0.5) is 0 Å². The Morgan fingerprint density at radius 2 is 1.90 bits per heavy atom. The summed E-state index contributed by atoms with van der Waals surface area (Å²) in [5, 5.41) is 0. The van der Waals surface area contributed by atoms with E-state index in [0.717, 1.165) is 18.5 Å². The van der Waals surface area contributed by atoms with E-state index < -0.39 is 0 Å². The van der Waals surface area contributed by atoms with Gasteiger partial charge in [0.05, 0.1) is 0 Å². The topological polar surface area (TPSA) is 40.6 Å². The van der Waals surface area contributed by atoms with Gasteiger partial charge in [-0.1, -0.05) is 31.5 Å². The van der Waals surface area contributed by atoms with Gasteiger partial charge in [-0.15, -0.1) is 0 Å². The van der Waals surface area contributed by atoms with Crippen LogP contribution in [0.25, 0.3) is 0 Å². The number of nitrogens with zero attached hydrogens (tertiary/aromatic N) is 2. The molecule has 0 radical (unpaired) electrons. The molecule has 0 aliphatic carbocycles. The summed E-state index contributed by atoms with van der Waals surface area (Å²) < 4.78 is 0. The second kappa shape index (κ2) is 7.68. The summed E-state index contributed by atoms with van der Waals surface area (Å²) in [6, 6.07) is 7.49. The molecule has 0 saturated carbocycles. The van der Waals surface area contributed by atoms with Crippen molar-refractivity contribution in [2.24, 2.45) is 0 Å². The molecule has 0 spiro atoms. The lowest BCUT2D eigenvalue weighted by Crippen LogP contribution is -2.38. The summed E-state index contributed by atoms with van der Waals surface area (Å²) >= 11 is 0. The van der Waals surface area contributed by atoms with Gasteiger partial charge in [0, 0.05) is 25.7 Å². The predicted octanol–water partition coefficient (Wildman–Crippen LogP) is 2.33. The second-order valence-corrected chi connectivity index (χ2v) is 4.77. The van der Waals surface area contributed by atoms with E-state index in [1.807, 2.05) is 39.0 Å². The summed E-state index contributed by atoms with van der Waals surface area (Å²) in [5.74, 6) is -0.0455. The van der Waals surface area contributed by atoms with E-state index in [-0.39, 0.29) is 18.4 Å². The quantitative estimate of drug-likeness (QED) is 0.790. The second-order valence-electron chi connectivity index (χ2n) is 4.77. The Hall–Kier alpha value is -1.84. The highest BCUT2D eigenvalue weighted by Gasteiger charge is 2.23. The molecule has 0 N–H and O–H groups in total. The SMILES string of the molecule is CC.Cc1cccc(C(=O)N2CCCN(C)C(=O)C2)c1. The molecule has 4 nitrogen and oxygen atoms in total. The van der Waals surface area contributed by atoms with Gasteiger partial charge in [0.15, 0.2) is 0 Å². The third-order valence-electron chi connectivity index (χ3n) is 3.23. The number of hydrogen-bond acceptors (Lipinski definition) is 2. The maximum Gasteiger partial charge on any atom is 0.254 e. The van der Waals surface area contributed by atoms with E-state index in [9.17, 15) is 9.59 Å². The molecule has 1 aromatic rings. The van der Waals surface area contributed by atoms with Gasteiger partial charge in [0.2, 0.25) is 5.91 Å². The molecular formula is C16H24N2O2. The van der Waals surface area contributed by atoms with E-state index >= 15 is 0 Å². The third kappa shape index (κ3) is 4.08. The van der Waals surface area contributed by atoms with Crippen molar-refractivity contribution >= 4 is 11.8 Å². The summed E-state index contributed by atoms with van der Waals surface area (Å²) in [5.41, 5.74) is 1.71. The molecule has 110 valence electrons. The maximum atomic E-state index is 12.3. The normalized spacial score (nSPS) is 15.3. The monoisotopic (exact) mass is 276 g/mol. The first kappa shape index (κ1) is 16.2. The number of benzene rings is 1. The van der Waals surface area contributed by atoms with Gasteiger partial charge in [0.1, 0.15) is 6.54 Å². The highest BCUT2D eigenvalue weighted by atomic mass is 16.2. The average molecular weight is 276 g/mol. The summed E-state index contributed by atoms with van der Waals surface area (Å²) in [4.78, 5) is 27.4. The minimum Gasteiger partial charge on any atom is -0.344 e. The van der Waals surface area contributed by atoms with Crippen molar-refractivity contribution in [3.63, 3.8) is 0 Å². The molecule has 4 heteroatoms. The highest BCUT2D eigenvalue weighted by Crippen LogP contribution is 2.10. The standard InChI is InChI=1S/C14H18N2O2.C2H6/c1-11-5-3-6-12(9-11)14(18)16-8-4-7-15(2)13(17)10-16;1-2/h3,5-6,9H,4,7-8,10H2,1-2H3;1-2H3. The molecule has 1 aliphatic heterocycles. The fourth-order valence-corrected chi connectivity index (χ4v) is 2.12. The van der Waals surface area contributed by atoms with E-state index in [4.69, 9.17) is 0 Å². The van der Waals surface area contributed by atoms with E-state index in [0.29, 0.717) is 12.1 Å². The van der Waals surface area contributed by atoms with Crippen molar-refractivity contribution in [3.05, 3.63) is 35.4 Å². The molecule has 0 unspecified atom stereocenters. The number of rotatable bonds is 1. The van der Waals surface area contributed by atoms with Crippen LogP contribution in [0, 0.1) is 6.92 Å². The van der Waals surface area contributed by atoms with Gasteiger partial charge >= 0.3 is 0 Å². The molecule has 0 bridgehead atoms. The van der Waals surface area contributed by atoms with Crippen molar-refractivity contribution in [1.82, 2.24) is 9.80 Å². The number of aryl methyl sites for hydroxylation is 1. The molecule has 20 heavy (non-hydrogen) atoms. The molecule has 2 amide bonds. The maximum absolute atomic E-state index is 12.3. The molecule has 1 fully saturated rings. The minimum absolute atomic E-state index is 0.00787. The van der Waals surface area contributed by atoms with Crippen LogP contribution < -0.4 is 0 Å². The van der Waals surface area contributed by atoms with Crippen LogP contribution in [-0.4, -0.2) is 48.3 Å². The molecule has 1 aromatic carbocycles. The van der Waals surface area contributed by atoms with Crippen LogP contribution in [0.5, 0.6) is 0 Å². The molecule has 2 rings (SSSR count). The summed E-state index contributed by atoms with van der Waals surface area (Å²) in [6.07, 6.45) is 0.833. The van der Waals surface area contributed by atoms with Gasteiger partial charge in [-0.25, -0.2) is 0 Å². The zero-order valence-corrected chi connectivity index (χ0v) is 12.8. The Kier molecular flexibility index (Phi) is 6.22. The van der Waals surface area contributed by atoms with Crippen molar-refractivity contribution < 1.29 is 9.59 Å². The molecule has 1 saturated heterocycles. The van der Waals surface area contributed by atoms with Crippen molar-refractivity contribution in [2.75, 3.05) is 26.7 Å². The molecule has 0 atom stereocenters. The fourth-order valence-electron chi connectivity index (χ4n) is 2.12. The minimum atomic E-state index is -0.0534. The molecule has 1 aliphatic rings. The predicted molar refractivity (Wildman–Crippen MR) is 80.7 cm³/mol. The Labute approximate surface area is 121 Å². The molecule has 0 aromatic heterocycles. The van der Waals surface area contributed by atoms with Crippen LogP contribution in [0.2, 0.25) is 0 Å². The Morgan fingerprint density at radius 1 is 1.20 bits per heavy atom. The number of carbonyl (C=O) groups is 2. The highest BCUT2D eigenvalue weighted by molar-refractivity contribution is 5.96. The van der Waals surface area contributed by atoms with Crippen LogP contribution in [0.3, 0.4) is 0 Å². The van der Waals surface area contributed by atoms with Crippen molar-refractivity contribution in [1.29, 1.82) is 0 Å². The Balaban J connectivity index is 0.000000956. The first-order chi connectivity index (χ1) is 9.58. The number of amides is 2. The van der Waals surface area contributed by atoms with Crippen molar-refractivity contribution in [3.8, 4) is 0 Å². The lowest BCUT2D eigenvalue weighted by Gasteiger charge is -2.20. The molecular weight excluding hydrogens is 252 g/mol. The lowest BCUT2D eigenvalue weighted by atomic mass is 10.1. The number of likely N-dealkylation sites (N-methyl/N-ethyl adjacent to an activating group) is 1. The Bertz CT molecular complexity index is 471. The van der Waals surface area contributed by atoms with E-state index in [2.05, 4.69) is 0 Å². The fraction of sp³-hybridized carbons (Fsp3) is 0.500. The van der Waals surface area contributed by atoms with Crippen molar-refractivity contribution in [2.45, 2.75) is 27.2 Å². The van der Waals surface area contributed by atoms with Crippen LogP contribution in [0.15, 0.2) is 24.3 Å². The first-order valence-electron chi connectivity index (χ1n) is 7.18. The van der Waals surface area contributed by atoms with Gasteiger partial charge in [-0.2, -0.15) is 0 Å². The van der Waals surface area contributed by atoms with E-state index in [1.54, 1.807) is 22.9 Å². The van der Waals surface area contributed by atoms with Crippen LogP contribution in [-0.2, 0) is 4.79 Å². The smallest absolute Gasteiger partial charge is 0.254 e. The summed E-state index contributed by atoms with van der Waals surface area (Å²) in [6.45, 7) is 7.50.